The van der Waals surface area contributed by atoms with E-state index in [2.05, 4.69) is 85.8 Å². The van der Waals surface area contributed by atoms with Crippen LogP contribution in [0.2, 0.25) is 0 Å². The van der Waals surface area contributed by atoms with Gasteiger partial charge in [0.05, 0.1) is 18.2 Å². The van der Waals surface area contributed by atoms with Crippen molar-refractivity contribution >= 4 is 0 Å². The minimum absolute atomic E-state index is 0.294. The number of hydrogen-bond donors (Lipinski definition) is 0. The molecule has 0 saturated heterocycles. The number of nitriles is 1. The van der Waals surface area contributed by atoms with Crippen molar-refractivity contribution in [1.82, 2.24) is 0 Å². The summed E-state index contributed by atoms with van der Waals surface area (Å²) in [7, 11) is 0. The van der Waals surface area contributed by atoms with E-state index >= 15 is 0 Å². The molecular formula is C48H63NO3. The molecule has 0 spiro atoms. The average Bonchev–Trinajstić information content (AvgIpc) is 3.20. The highest BCUT2D eigenvalue weighted by molar-refractivity contribution is 5.47. The molecule has 0 amide bonds. The summed E-state index contributed by atoms with van der Waals surface area (Å²) < 4.78 is 20.5. The Morgan fingerprint density at radius 2 is 0.923 bits per heavy atom. The van der Waals surface area contributed by atoms with Crippen LogP contribution < -0.4 is 0 Å². The summed E-state index contributed by atoms with van der Waals surface area (Å²) in [6.07, 6.45) is 20.2. The molecule has 4 aromatic rings. The third-order valence-electron chi connectivity index (χ3n) is 10.1. The molecule has 0 heterocycles. The summed E-state index contributed by atoms with van der Waals surface area (Å²) in [6, 6.07) is 41.1. The fourth-order valence-corrected chi connectivity index (χ4v) is 7.07. The van der Waals surface area contributed by atoms with Crippen molar-refractivity contribution in [2.24, 2.45) is 0 Å². The van der Waals surface area contributed by atoms with E-state index in [1.54, 1.807) is 0 Å². The molecule has 2 atom stereocenters. The minimum atomic E-state index is -0.939. The highest BCUT2D eigenvalue weighted by atomic mass is 16.7. The number of rotatable bonds is 27. The van der Waals surface area contributed by atoms with Crippen LogP contribution in [0.3, 0.4) is 0 Å². The molecule has 0 unspecified atom stereocenters. The summed E-state index contributed by atoms with van der Waals surface area (Å²) in [6.45, 7) is 5.18. The van der Waals surface area contributed by atoms with Crippen LogP contribution in [0.4, 0.5) is 0 Å². The molecule has 0 fully saturated rings. The van der Waals surface area contributed by atoms with Crippen LogP contribution in [0.5, 0.6) is 0 Å². The monoisotopic (exact) mass is 701 g/mol. The van der Waals surface area contributed by atoms with Gasteiger partial charge in [0.1, 0.15) is 11.7 Å². The van der Waals surface area contributed by atoms with E-state index in [0.29, 0.717) is 18.8 Å². The Hall–Kier alpha value is -3.75. The normalized spacial score (nSPS) is 12.7. The lowest BCUT2D eigenvalue weighted by molar-refractivity contribution is -0.240. The highest BCUT2D eigenvalue weighted by Crippen LogP contribution is 2.42. The SMILES string of the molecule is CCCCCCCCCCCCCCCCCCO[C@@H](OC(c1ccccc1)(c1ccccc1)c1ccccc1)[C@@H](C)OCc1ccccc1C#N. The van der Waals surface area contributed by atoms with Crippen molar-refractivity contribution in [1.29, 1.82) is 5.26 Å². The van der Waals surface area contributed by atoms with Crippen molar-refractivity contribution in [2.75, 3.05) is 6.61 Å². The Balaban J connectivity index is 1.37. The van der Waals surface area contributed by atoms with Crippen LogP contribution in [0, 0.1) is 11.3 Å². The number of benzene rings is 4. The maximum atomic E-state index is 9.68. The topological polar surface area (TPSA) is 51.5 Å². The quantitative estimate of drug-likeness (QED) is 0.0353. The van der Waals surface area contributed by atoms with Gasteiger partial charge >= 0.3 is 0 Å². The number of unbranched alkanes of at least 4 members (excludes halogenated alkanes) is 15. The summed E-state index contributed by atoms with van der Waals surface area (Å²) in [4.78, 5) is 0. The minimum Gasteiger partial charge on any atom is -0.369 e. The first kappa shape index (κ1) is 41.0. The highest BCUT2D eigenvalue weighted by Gasteiger charge is 2.41. The zero-order valence-corrected chi connectivity index (χ0v) is 32.0. The molecule has 278 valence electrons. The second-order valence-corrected chi connectivity index (χ2v) is 14.2. The van der Waals surface area contributed by atoms with Crippen molar-refractivity contribution in [3.05, 3.63) is 143 Å². The Morgan fingerprint density at radius 1 is 0.519 bits per heavy atom. The van der Waals surface area contributed by atoms with Gasteiger partial charge in [-0.1, -0.05) is 212 Å². The van der Waals surface area contributed by atoms with Crippen molar-refractivity contribution in [2.45, 2.75) is 141 Å². The van der Waals surface area contributed by atoms with Crippen molar-refractivity contribution < 1.29 is 14.2 Å². The third kappa shape index (κ3) is 13.3. The Labute approximate surface area is 315 Å². The van der Waals surface area contributed by atoms with E-state index in [9.17, 15) is 5.26 Å². The first-order chi connectivity index (χ1) is 25.7. The molecular weight excluding hydrogens is 639 g/mol. The first-order valence-corrected chi connectivity index (χ1v) is 20.2. The summed E-state index contributed by atoms with van der Waals surface area (Å²) in [5, 5.41) is 9.68. The molecule has 0 bridgehead atoms. The number of ether oxygens (including phenoxy) is 3. The Morgan fingerprint density at radius 3 is 1.37 bits per heavy atom. The molecule has 0 radical (unpaired) electrons. The molecule has 0 N–H and O–H groups in total. The van der Waals surface area contributed by atoms with Gasteiger partial charge in [0.15, 0.2) is 6.29 Å². The summed E-state index contributed by atoms with van der Waals surface area (Å²) in [5.74, 6) is 0. The van der Waals surface area contributed by atoms with E-state index in [0.717, 1.165) is 35.1 Å². The van der Waals surface area contributed by atoms with Crippen LogP contribution in [0.1, 0.15) is 144 Å². The van der Waals surface area contributed by atoms with Gasteiger partial charge in [-0.15, -0.1) is 0 Å². The van der Waals surface area contributed by atoms with Gasteiger partial charge in [-0.05, 0) is 41.7 Å². The van der Waals surface area contributed by atoms with Crippen molar-refractivity contribution in [3.8, 4) is 6.07 Å². The largest absolute Gasteiger partial charge is 0.369 e. The van der Waals surface area contributed by atoms with Crippen molar-refractivity contribution in [3.63, 3.8) is 0 Å². The molecule has 4 aromatic carbocycles. The first-order valence-electron chi connectivity index (χ1n) is 20.2. The molecule has 0 aliphatic rings. The predicted octanol–water partition coefficient (Wildman–Crippen LogP) is 13.1. The van der Waals surface area contributed by atoms with Gasteiger partial charge in [-0.3, -0.25) is 0 Å². The molecule has 0 aliphatic carbocycles. The predicted molar refractivity (Wildman–Crippen MR) is 215 cm³/mol. The van der Waals surface area contributed by atoms with Crippen LogP contribution in [0.25, 0.3) is 0 Å². The smallest absolute Gasteiger partial charge is 0.185 e. The second-order valence-electron chi connectivity index (χ2n) is 14.2. The van der Waals surface area contributed by atoms with Gasteiger partial charge in [-0.25, -0.2) is 0 Å². The lowest BCUT2D eigenvalue weighted by Crippen LogP contribution is -2.43. The fraction of sp³-hybridized carbons (Fsp3) is 0.479. The number of hydrogen-bond acceptors (Lipinski definition) is 4. The van der Waals surface area contributed by atoms with Crippen LogP contribution in [-0.4, -0.2) is 19.0 Å². The van der Waals surface area contributed by atoms with E-state index in [1.165, 1.54) is 89.9 Å². The molecule has 0 aliphatic heterocycles. The molecule has 4 nitrogen and oxygen atoms in total. The lowest BCUT2D eigenvalue weighted by Gasteiger charge is -2.40. The fourth-order valence-electron chi connectivity index (χ4n) is 7.07. The van der Waals surface area contributed by atoms with Gasteiger partial charge in [0, 0.05) is 6.61 Å². The van der Waals surface area contributed by atoms with Gasteiger partial charge < -0.3 is 14.2 Å². The average molecular weight is 702 g/mol. The van der Waals surface area contributed by atoms with Crippen LogP contribution in [0.15, 0.2) is 115 Å². The molecule has 0 saturated carbocycles. The summed E-state index contributed by atoms with van der Waals surface area (Å²) >= 11 is 0. The third-order valence-corrected chi connectivity index (χ3v) is 10.1. The lowest BCUT2D eigenvalue weighted by atomic mass is 9.80. The maximum absolute atomic E-state index is 9.68. The Bertz CT molecular complexity index is 1420. The number of nitrogens with zero attached hydrogens (tertiary/aromatic N) is 1. The molecule has 0 aromatic heterocycles. The van der Waals surface area contributed by atoms with Gasteiger partial charge in [-0.2, -0.15) is 5.26 Å². The molecule has 52 heavy (non-hydrogen) atoms. The zero-order valence-electron chi connectivity index (χ0n) is 32.0. The Kier molecular flexibility index (Phi) is 19.3. The molecule has 4 rings (SSSR count). The van der Waals surface area contributed by atoms with E-state index in [4.69, 9.17) is 14.2 Å². The maximum Gasteiger partial charge on any atom is 0.185 e. The van der Waals surface area contributed by atoms with E-state index < -0.39 is 18.0 Å². The summed E-state index contributed by atoms with van der Waals surface area (Å²) in [5.41, 5.74) is 3.59. The second kappa shape index (κ2) is 24.5. The van der Waals surface area contributed by atoms with Gasteiger partial charge in [0.2, 0.25) is 0 Å². The van der Waals surface area contributed by atoms with Crippen LogP contribution >= 0.6 is 0 Å². The van der Waals surface area contributed by atoms with Crippen LogP contribution in [-0.2, 0) is 26.4 Å². The van der Waals surface area contributed by atoms with E-state index in [1.807, 2.05) is 49.4 Å². The standard InChI is InChI=1S/C48H63NO3/c1-3-4-5-6-7-8-9-10-11-12-13-14-15-16-17-29-38-50-47(41(2)51-40-43-31-28-27-30-42(43)39-49)52-48(44-32-21-18-22-33-44,45-34-23-19-24-35-45)46-36-25-20-26-37-46/h18-28,30-37,41,47H,3-17,29,38,40H2,1-2H3/t41-,47+/m1/s1. The molecule has 4 heteroatoms. The zero-order chi connectivity index (χ0) is 36.5. The van der Waals surface area contributed by atoms with Gasteiger partial charge in [0.25, 0.3) is 0 Å². The van der Waals surface area contributed by atoms with E-state index in [-0.39, 0.29) is 0 Å².